The molecule has 2 aromatic carbocycles. The predicted octanol–water partition coefficient (Wildman–Crippen LogP) is 4.81. The molecule has 0 spiro atoms. The van der Waals surface area contributed by atoms with E-state index in [0.717, 1.165) is 13.0 Å². The predicted molar refractivity (Wildman–Crippen MR) is 89.6 cm³/mol. The molecule has 0 amide bonds. The molecule has 0 atom stereocenters. The van der Waals surface area contributed by atoms with Crippen LogP contribution in [0, 0.1) is 0 Å². The number of unbranched alkanes of at least 4 members (excludes halogenated alkanes) is 1. The topological polar surface area (TPSA) is 26.0 Å². The smallest absolute Gasteiger partial charge is 0.00467 e. The van der Waals surface area contributed by atoms with Crippen LogP contribution >= 0.6 is 12.4 Å². The molecule has 1 fully saturated rings. The minimum absolute atomic E-state index is 0. The Morgan fingerprint density at radius 3 is 2.35 bits per heavy atom. The largest absolute Gasteiger partial charge is 0.330 e. The fourth-order valence-corrected chi connectivity index (χ4v) is 3.41. The molecule has 0 heterocycles. The molecule has 1 aliphatic carbocycles. The van der Waals surface area contributed by atoms with Crippen LogP contribution in [-0.4, -0.2) is 6.54 Å². The number of hydrogen-bond acceptors (Lipinski definition) is 1. The van der Waals surface area contributed by atoms with Crippen LogP contribution in [0.5, 0.6) is 0 Å². The van der Waals surface area contributed by atoms with Gasteiger partial charge in [-0.05, 0) is 54.0 Å². The first-order chi connectivity index (χ1) is 9.34. The fourth-order valence-electron chi connectivity index (χ4n) is 3.41. The summed E-state index contributed by atoms with van der Waals surface area (Å²) in [4.78, 5) is 0. The molecule has 2 heteroatoms. The van der Waals surface area contributed by atoms with Gasteiger partial charge in [-0.1, -0.05) is 55.3 Å². The summed E-state index contributed by atoms with van der Waals surface area (Å²) in [7, 11) is 0. The van der Waals surface area contributed by atoms with E-state index in [-0.39, 0.29) is 12.4 Å². The number of nitrogens with two attached hydrogens (primary N) is 1. The van der Waals surface area contributed by atoms with E-state index < -0.39 is 0 Å². The van der Waals surface area contributed by atoms with Gasteiger partial charge in [0.05, 0.1) is 0 Å². The van der Waals surface area contributed by atoms with Crippen LogP contribution < -0.4 is 5.73 Å². The molecule has 0 aromatic heterocycles. The zero-order valence-electron chi connectivity index (χ0n) is 12.0. The van der Waals surface area contributed by atoms with E-state index in [9.17, 15) is 0 Å². The number of rotatable bonds is 5. The van der Waals surface area contributed by atoms with E-state index in [0.29, 0.717) is 5.41 Å². The molecule has 1 nitrogen and oxygen atoms in total. The second-order valence-corrected chi connectivity index (χ2v) is 5.94. The molecule has 1 aliphatic rings. The molecule has 0 saturated heterocycles. The van der Waals surface area contributed by atoms with Gasteiger partial charge in [0.1, 0.15) is 0 Å². The van der Waals surface area contributed by atoms with Gasteiger partial charge in [0, 0.05) is 0 Å². The van der Waals surface area contributed by atoms with Gasteiger partial charge in [0.15, 0.2) is 0 Å². The summed E-state index contributed by atoms with van der Waals surface area (Å²) in [6, 6.07) is 15.7. The van der Waals surface area contributed by atoms with Crippen molar-refractivity contribution in [3.63, 3.8) is 0 Å². The van der Waals surface area contributed by atoms with Gasteiger partial charge in [-0.15, -0.1) is 12.4 Å². The molecule has 0 radical (unpaired) electrons. The summed E-state index contributed by atoms with van der Waals surface area (Å²) < 4.78 is 0. The highest BCUT2D eigenvalue weighted by molar-refractivity contribution is 5.85. The molecular formula is C18H24ClN. The highest BCUT2D eigenvalue weighted by atomic mass is 35.5. The number of halogens is 1. The molecule has 2 N–H and O–H groups in total. The molecule has 3 rings (SSSR count). The minimum atomic E-state index is 0. The lowest BCUT2D eigenvalue weighted by molar-refractivity contribution is 0.220. The zero-order chi connectivity index (χ0) is 13.1. The van der Waals surface area contributed by atoms with Gasteiger partial charge in [-0.25, -0.2) is 0 Å². The molecule has 0 aliphatic heterocycles. The van der Waals surface area contributed by atoms with Crippen LogP contribution in [0.2, 0.25) is 0 Å². The van der Waals surface area contributed by atoms with Crippen molar-refractivity contribution in [2.24, 2.45) is 5.73 Å². The SMILES string of the molecule is Cl.NCCCCC1(c2ccc3ccccc3c2)CCC1. The lowest BCUT2D eigenvalue weighted by Crippen LogP contribution is -2.34. The number of fused-ring (bicyclic) bond motifs is 1. The summed E-state index contributed by atoms with van der Waals surface area (Å²) in [5.74, 6) is 0. The summed E-state index contributed by atoms with van der Waals surface area (Å²) in [5.41, 5.74) is 7.64. The Balaban J connectivity index is 0.00000147. The first kappa shape index (κ1) is 15.3. The van der Waals surface area contributed by atoms with Crippen LogP contribution in [0.3, 0.4) is 0 Å². The van der Waals surface area contributed by atoms with Crippen LogP contribution in [0.25, 0.3) is 10.8 Å². The fraction of sp³-hybridized carbons (Fsp3) is 0.444. The van der Waals surface area contributed by atoms with Gasteiger partial charge < -0.3 is 5.73 Å². The van der Waals surface area contributed by atoms with Gasteiger partial charge in [-0.3, -0.25) is 0 Å². The maximum Gasteiger partial charge on any atom is -0.00467 e. The highest BCUT2D eigenvalue weighted by Gasteiger charge is 2.37. The molecule has 1 saturated carbocycles. The van der Waals surface area contributed by atoms with Gasteiger partial charge in [-0.2, -0.15) is 0 Å². The average Bonchev–Trinajstić information content (AvgIpc) is 2.41. The second-order valence-electron chi connectivity index (χ2n) is 5.94. The van der Waals surface area contributed by atoms with Crippen molar-refractivity contribution < 1.29 is 0 Å². The van der Waals surface area contributed by atoms with E-state index in [4.69, 9.17) is 5.73 Å². The third-order valence-corrected chi connectivity index (χ3v) is 4.78. The normalized spacial score (nSPS) is 16.4. The van der Waals surface area contributed by atoms with Crippen molar-refractivity contribution in [3.05, 3.63) is 48.0 Å². The second kappa shape index (κ2) is 6.60. The molecule has 108 valence electrons. The Morgan fingerprint density at radius 1 is 0.950 bits per heavy atom. The van der Waals surface area contributed by atoms with E-state index in [1.165, 1.54) is 42.9 Å². The summed E-state index contributed by atoms with van der Waals surface area (Å²) in [5, 5.41) is 2.73. The minimum Gasteiger partial charge on any atom is -0.330 e. The standard InChI is InChI=1S/C18H23N.ClH/c19-13-4-3-10-18(11-5-12-18)17-9-8-15-6-1-2-7-16(15)14-17;/h1-2,6-9,14H,3-5,10-13,19H2;1H. The van der Waals surface area contributed by atoms with Crippen LogP contribution in [0.4, 0.5) is 0 Å². The highest BCUT2D eigenvalue weighted by Crippen LogP contribution is 2.47. The summed E-state index contributed by atoms with van der Waals surface area (Å²) in [6.45, 7) is 0.827. The first-order valence-corrected chi connectivity index (χ1v) is 7.53. The van der Waals surface area contributed by atoms with Crippen LogP contribution in [0.1, 0.15) is 44.1 Å². The van der Waals surface area contributed by atoms with Crippen molar-refractivity contribution in [2.75, 3.05) is 6.54 Å². The van der Waals surface area contributed by atoms with Gasteiger partial charge >= 0.3 is 0 Å². The lowest BCUT2D eigenvalue weighted by Gasteiger charge is -2.43. The van der Waals surface area contributed by atoms with Crippen LogP contribution in [-0.2, 0) is 5.41 Å². The van der Waals surface area contributed by atoms with Crippen LogP contribution in [0.15, 0.2) is 42.5 Å². The summed E-state index contributed by atoms with van der Waals surface area (Å²) in [6.07, 6.45) is 7.84. The summed E-state index contributed by atoms with van der Waals surface area (Å²) >= 11 is 0. The molecule has 20 heavy (non-hydrogen) atoms. The molecular weight excluding hydrogens is 266 g/mol. The third kappa shape index (κ3) is 2.84. The van der Waals surface area contributed by atoms with Crippen molar-refractivity contribution in [2.45, 2.75) is 43.9 Å². The van der Waals surface area contributed by atoms with E-state index in [1.54, 1.807) is 5.56 Å². The third-order valence-electron chi connectivity index (χ3n) is 4.78. The maximum absolute atomic E-state index is 5.63. The Kier molecular flexibility index (Phi) is 5.06. The maximum atomic E-state index is 5.63. The number of hydrogen-bond donors (Lipinski definition) is 1. The molecule has 2 aromatic rings. The Morgan fingerprint density at radius 2 is 1.70 bits per heavy atom. The quantitative estimate of drug-likeness (QED) is 0.785. The van der Waals surface area contributed by atoms with Gasteiger partial charge in [0.25, 0.3) is 0 Å². The molecule has 0 bridgehead atoms. The Bertz CT molecular complexity index is 560. The monoisotopic (exact) mass is 289 g/mol. The first-order valence-electron chi connectivity index (χ1n) is 7.53. The van der Waals surface area contributed by atoms with E-state index in [1.807, 2.05) is 0 Å². The van der Waals surface area contributed by atoms with Crippen molar-refractivity contribution in [3.8, 4) is 0 Å². The van der Waals surface area contributed by atoms with Gasteiger partial charge in [0.2, 0.25) is 0 Å². The average molecular weight is 290 g/mol. The molecule has 0 unspecified atom stereocenters. The van der Waals surface area contributed by atoms with E-state index >= 15 is 0 Å². The Hall–Kier alpha value is -1.05. The van der Waals surface area contributed by atoms with Crippen molar-refractivity contribution in [1.82, 2.24) is 0 Å². The number of benzene rings is 2. The lowest BCUT2D eigenvalue weighted by atomic mass is 9.62. The van der Waals surface area contributed by atoms with Crippen molar-refractivity contribution in [1.29, 1.82) is 0 Å². The van der Waals surface area contributed by atoms with E-state index in [2.05, 4.69) is 42.5 Å². The van der Waals surface area contributed by atoms with Crippen molar-refractivity contribution >= 4 is 23.2 Å². The zero-order valence-corrected chi connectivity index (χ0v) is 12.8. The Labute approximate surface area is 128 Å².